The summed E-state index contributed by atoms with van der Waals surface area (Å²) < 4.78 is 10.4. The van der Waals surface area contributed by atoms with Gasteiger partial charge < -0.3 is 20.1 Å². The Morgan fingerprint density at radius 3 is 1.77 bits per heavy atom. The van der Waals surface area contributed by atoms with Gasteiger partial charge in [0, 0.05) is 0 Å². The van der Waals surface area contributed by atoms with Crippen LogP contribution in [0.4, 0.5) is 4.79 Å². The van der Waals surface area contributed by atoms with Crippen molar-refractivity contribution in [3.8, 4) is 0 Å². The second-order valence-electron chi connectivity index (χ2n) is 7.25. The van der Waals surface area contributed by atoms with Gasteiger partial charge in [-0.2, -0.15) is 0 Å². The molecule has 0 radical (unpaired) electrons. The van der Waals surface area contributed by atoms with Crippen LogP contribution in [0.5, 0.6) is 0 Å². The molecule has 30 heavy (non-hydrogen) atoms. The largest absolute Gasteiger partial charge is 0.459 e. The van der Waals surface area contributed by atoms with Gasteiger partial charge in [0.05, 0.1) is 0 Å². The Hall–Kier alpha value is -3.35. The molecule has 2 aromatic carbocycles. The Bertz CT molecular complexity index is 824. The fourth-order valence-corrected chi connectivity index (χ4v) is 2.64. The van der Waals surface area contributed by atoms with E-state index in [9.17, 15) is 14.4 Å². The molecule has 7 nitrogen and oxygen atoms in total. The van der Waals surface area contributed by atoms with Gasteiger partial charge in [-0.15, -0.1) is 0 Å². The van der Waals surface area contributed by atoms with Crippen molar-refractivity contribution in [3.63, 3.8) is 0 Å². The van der Waals surface area contributed by atoms with E-state index in [0.29, 0.717) is 0 Å². The van der Waals surface area contributed by atoms with Crippen LogP contribution in [0.25, 0.3) is 0 Å². The highest BCUT2D eigenvalue weighted by atomic mass is 16.5. The van der Waals surface area contributed by atoms with Crippen LogP contribution < -0.4 is 10.6 Å². The van der Waals surface area contributed by atoms with E-state index in [4.69, 9.17) is 9.47 Å². The average molecular weight is 412 g/mol. The zero-order valence-corrected chi connectivity index (χ0v) is 17.5. The van der Waals surface area contributed by atoms with E-state index in [2.05, 4.69) is 10.6 Å². The predicted octanol–water partition coefficient (Wildman–Crippen LogP) is 3.19. The normalized spacial score (nSPS) is 12.5. The molecular weight excluding hydrogens is 384 g/mol. The fourth-order valence-electron chi connectivity index (χ4n) is 2.64. The Labute approximate surface area is 176 Å². The maximum atomic E-state index is 12.6. The molecule has 160 valence electrons. The zero-order valence-electron chi connectivity index (χ0n) is 17.5. The van der Waals surface area contributed by atoms with E-state index in [1.807, 2.05) is 60.7 Å². The van der Waals surface area contributed by atoms with E-state index >= 15 is 0 Å². The van der Waals surface area contributed by atoms with E-state index in [1.165, 1.54) is 6.92 Å². The lowest BCUT2D eigenvalue weighted by Crippen LogP contribution is -2.53. The lowest BCUT2D eigenvalue weighted by atomic mass is 10.0. The Balaban J connectivity index is 1.83. The molecule has 0 aliphatic carbocycles. The number of nitrogens with one attached hydrogen (secondary N) is 2. The molecule has 0 saturated carbocycles. The van der Waals surface area contributed by atoms with Gasteiger partial charge in [0.1, 0.15) is 25.3 Å². The van der Waals surface area contributed by atoms with Crippen molar-refractivity contribution >= 4 is 18.0 Å². The molecule has 0 saturated heterocycles. The van der Waals surface area contributed by atoms with E-state index in [1.54, 1.807) is 13.8 Å². The number of alkyl carbamates (subject to hydrolysis) is 1. The molecule has 0 aromatic heterocycles. The highest BCUT2D eigenvalue weighted by Gasteiger charge is 2.28. The molecule has 0 bridgehead atoms. The lowest BCUT2D eigenvalue weighted by Gasteiger charge is -2.23. The van der Waals surface area contributed by atoms with Gasteiger partial charge in [-0.3, -0.25) is 4.79 Å². The molecule has 0 aliphatic heterocycles. The third-order valence-electron chi connectivity index (χ3n) is 4.37. The molecule has 0 heterocycles. The van der Waals surface area contributed by atoms with Crippen molar-refractivity contribution in [2.75, 3.05) is 0 Å². The minimum absolute atomic E-state index is 0.0985. The molecular formula is C23H28N2O5. The molecule has 0 unspecified atom stereocenters. The quantitative estimate of drug-likeness (QED) is 0.617. The Kier molecular flexibility index (Phi) is 8.87. The number of rotatable bonds is 9. The summed E-state index contributed by atoms with van der Waals surface area (Å²) in [6.45, 7) is 5.34. The third-order valence-corrected chi connectivity index (χ3v) is 4.37. The SMILES string of the molecule is CC(C)[C@@H](NC(=O)OCc1ccccc1)C(=O)N[C@H](C)C(=O)OCc1ccccc1. The topological polar surface area (TPSA) is 93.7 Å². The number of esters is 1. The zero-order chi connectivity index (χ0) is 21.9. The molecule has 2 N–H and O–H groups in total. The van der Waals surface area contributed by atoms with Crippen molar-refractivity contribution in [2.24, 2.45) is 5.92 Å². The van der Waals surface area contributed by atoms with Crippen molar-refractivity contribution in [1.82, 2.24) is 10.6 Å². The standard InChI is InChI=1S/C23H28N2O5/c1-16(2)20(25-23(28)30-15-19-12-8-5-9-13-19)21(26)24-17(3)22(27)29-14-18-10-6-4-7-11-18/h4-13,16-17,20H,14-15H2,1-3H3,(H,24,26)(H,25,28)/t17-,20-/m1/s1. The highest BCUT2D eigenvalue weighted by Crippen LogP contribution is 2.06. The average Bonchev–Trinajstić information content (AvgIpc) is 2.75. The summed E-state index contributed by atoms with van der Waals surface area (Å²) in [5.74, 6) is -1.24. The summed E-state index contributed by atoms with van der Waals surface area (Å²) in [6, 6.07) is 16.8. The third kappa shape index (κ3) is 7.58. The van der Waals surface area contributed by atoms with Crippen molar-refractivity contribution < 1.29 is 23.9 Å². The molecule has 2 aromatic rings. The predicted molar refractivity (Wildman–Crippen MR) is 112 cm³/mol. The van der Waals surface area contributed by atoms with Crippen molar-refractivity contribution in [2.45, 2.75) is 46.1 Å². The van der Waals surface area contributed by atoms with Crippen LogP contribution in [0, 0.1) is 5.92 Å². The second-order valence-corrected chi connectivity index (χ2v) is 7.25. The molecule has 2 atom stereocenters. The minimum atomic E-state index is -0.857. The maximum absolute atomic E-state index is 12.6. The van der Waals surface area contributed by atoms with Gasteiger partial charge in [-0.05, 0) is 24.0 Å². The molecule has 2 amide bonds. The van der Waals surface area contributed by atoms with Crippen LogP contribution in [0.1, 0.15) is 31.9 Å². The maximum Gasteiger partial charge on any atom is 0.408 e. The summed E-state index contributed by atoms with van der Waals surface area (Å²) in [7, 11) is 0. The second kappa shape index (κ2) is 11.6. The number of amides is 2. The van der Waals surface area contributed by atoms with Crippen molar-refractivity contribution in [3.05, 3.63) is 71.8 Å². The summed E-state index contributed by atoms with van der Waals surface area (Å²) in [6.07, 6.45) is -0.702. The van der Waals surface area contributed by atoms with Gasteiger partial charge in [0.15, 0.2) is 0 Å². The van der Waals surface area contributed by atoms with Crippen LogP contribution in [0.2, 0.25) is 0 Å². The van der Waals surface area contributed by atoms with E-state index in [0.717, 1.165) is 11.1 Å². The van der Waals surface area contributed by atoms with E-state index < -0.39 is 30.1 Å². The smallest absolute Gasteiger partial charge is 0.408 e. The Morgan fingerprint density at radius 1 is 0.767 bits per heavy atom. The number of benzene rings is 2. The molecule has 0 spiro atoms. The van der Waals surface area contributed by atoms with E-state index in [-0.39, 0.29) is 19.1 Å². The molecule has 2 rings (SSSR count). The van der Waals surface area contributed by atoms with Gasteiger partial charge in [-0.25, -0.2) is 9.59 Å². The highest BCUT2D eigenvalue weighted by molar-refractivity contribution is 5.89. The number of hydrogen-bond acceptors (Lipinski definition) is 5. The van der Waals surface area contributed by atoms with Crippen LogP contribution >= 0.6 is 0 Å². The van der Waals surface area contributed by atoms with Crippen LogP contribution in [-0.4, -0.2) is 30.1 Å². The lowest BCUT2D eigenvalue weighted by molar-refractivity contribution is -0.148. The first-order chi connectivity index (χ1) is 14.4. The molecule has 0 fully saturated rings. The van der Waals surface area contributed by atoms with Gasteiger partial charge in [-0.1, -0.05) is 74.5 Å². The van der Waals surface area contributed by atoms with Crippen LogP contribution in [0.15, 0.2) is 60.7 Å². The van der Waals surface area contributed by atoms with Gasteiger partial charge in [0.25, 0.3) is 0 Å². The first-order valence-corrected chi connectivity index (χ1v) is 9.85. The Morgan fingerprint density at radius 2 is 1.27 bits per heavy atom. The minimum Gasteiger partial charge on any atom is -0.459 e. The monoisotopic (exact) mass is 412 g/mol. The summed E-state index contributed by atoms with van der Waals surface area (Å²) >= 11 is 0. The molecule has 7 heteroatoms. The summed E-state index contributed by atoms with van der Waals surface area (Å²) in [5.41, 5.74) is 1.69. The number of carbonyl (C=O) groups is 3. The van der Waals surface area contributed by atoms with Gasteiger partial charge >= 0.3 is 12.1 Å². The first-order valence-electron chi connectivity index (χ1n) is 9.85. The first kappa shape index (κ1) is 22.9. The number of ether oxygens (including phenoxy) is 2. The summed E-state index contributed by atoms with van der Waals surface area (Å²) in [4.78, 5) is 36.9. The summed E-state index contributed by atoms with van der Waals surface area (Å²) in [5, 5.41) is 5.16. The molecule has 0 aliphatic rings. The van der Waals surface area contributed by atoms with Crippen LogP contribution in [0.3, 0.4) is 0 Å². The number of hydrogen-bond donors (Lipinski definition) is 2. The van der Waals surface area contributed by atoms with Crippen LogP contribution in [-0.2, 0) is 32.3 Å². The number of carbonyl (C=O) groups excluding carboxylic acids is 3. The van der Waals surface area contributed by atoms with Gasteiger partial charge in [0.2, 0.25) is 5.91 Å². The fraction of sp³-hybridized carbons (Fsp3) is 0.348. The van der Waals surface area contributed by atoms with Crippen molar-refractivity contribution in [1.29, 1.82) is 0 Å².